The van der Waals surface area contributed by atoms with E-state index in [9.17, 15) is 19.2 Å². The molecule has 0 aromatic heterocycles. The Morgan fingerprint density at radius 3 is 2.18 bits per heavy atom. The number of methoxy groups -OCH3 is 1. The van der Waals surface area contributed by atoms with E-state index in [1.54, 1.807) is 41.8 Å². The molecule has 0 spiro atoms. The van der Waals surface area contributed by atoms with Crippen molar-refractivity contribution in [2.45, 2.75) is 84.2 Å². The van der Waals surface area contributed by atoms with E-state index in [1.165, 1.54) is 0 Å². The summed E-state index contributed by atoms with van der Waals surface area (Å²) in [6.07, 6.45) is 5.94. The van der Waals surface area contributed by atoms with E-state index >= 15 is 0 Å². The van der Waals surface area contributed by atoms with Crippen LogP contribution in [0.15, 0.2) is 24.3 Å². The van der Waals surface area contributed by atoms with E-state index in [0.29, 0.717) is 49.6 Å². The van der Waals surface area contributed by atoms with Gasteiger partial charge in [-0.05, 0) is 54.9 Å². The highest BCUT2D eigenvalue weighted by Gasteiger charge is 2.39. The minimum Gasteiger partial charge on any atom is -0.497 e. The molecule has 1 saturated heterocycles. The number of nitrogens with zero attached hydrogens (tertiary/aromatic N) is 1. The number of likely N-dealkylation sites (tertiary alicyclic amines) is 1. The minimum atomic E-state index is -0.765. The fourth-order valence-electron chi connectivity index (χ4n) is 5.55. The molecule has 0 radical (unpaired) electrons. The molecule has 3 rings (SSSR count). The molecule has 1 aromatic carbocycles. The molecule has 2 aliphatic rings. The summed E-state index contributed by atoms with van der Waals surface area (Å²) < 4.78 is 5.14. The topological polar surface area (TPSA) is 137 Å². The number of nitrogens with one attached hydrogen (secondary N) is 3. The normalized spacial score (nSPS) is 18.2. The predicted molar refractivity (Wildman–Crippen MR) is 146 cm³/mol. The average molecular weight is 545 g/mol. The first-order valence-corrected chi connectivity index (χ1v) is 14.0. The molecule has 1 aliphatic heterocycles. The van der Waals surface area contributed by atoms with Crippen LogP contribution in [0.1, 0.15) is 82.5 Å². The van der Waals surface area contributed by atoms with Crippen LogP contribution in [0.4, 0.5) is 0 Å². The first kappa shape index (κ1) is 30.4. The van der Waals surface area contributed by atoms with Gasteiger partial charge in [-0.15, -0.1) is 0 Å². The second-order valence-corrected chi connectivity index (χ2v) is 11.9. The summed E-state index contributed by atoms with van der Waals surface area (Å²) in [5.74, 6) is -0.837. The van der Waals surface area contributed by atoms with Crippen molar-refractivity contribution in [3.8, 4) is 5.75 Å². The lowest BCUT2D eigenvalue weighted by Gasteiger charge is -2.39. The van der Waals surface area contributed by atoms with Crippen molar-refractivity contribution in [3.05, 3.63) is 29.8 Å². The Kier molecular flexibility index (Phi) is 10.7. The van der Waals surface area contributed by atoms with Crippen molar-refractivity contribution in [1.82, 2.24) is 21.0 Å². The van der Waals surface area contributed by atoms with Crippen LogP contribution in [0.2, 0.25) is 0 Å². The quantitative estimate of drug-likeness (QED) is 0.264. The van der Waals surface area contributed by atoms with E-state index in [4.69, 9.17) is 9.94 Å². The van der Waals surface area contributed by atoms with Crippen LogP contribution in [-0.4, -0.2) is 66.0 Å². The van der Waals surface area contributed by atoms with Gasteiger partial charge in [0.15, 0.2) is 0 Å². The van der Waals surface area contributed by atoms with E-state index in [0.717, 1.165) is 25.7 Å². The number of piperidine rings is 1. The van der Waals surface area contributed by atoms with E-state index in [2.05, 4.69) is 10.6 Å². The Balaban J connectivity index is 1.59. The first-order valence-electron chi connectivity index (χ1n) is 14.0. The van der Waals surface area contributed by atoms with Crippen LogP contribution < -0.4 is 20.9 Å². The van der Waals surface area contributed by atoms with Crippen molar-refractivity contribution >= 4 is 23.6 Å². The number of rotatable bonds is 10. The van der Waals surface area contributed by atoms with Gasteiger partial charge in [0, 0.05) is 37.0 Å². The lowest BCUT2D eigenvalue weighted by atomic mass is 9.84. The molecule has 0 bridgehead atoms. The van der Waals surface area contributed by atoms with Crippen LogP contribution in [-0.2, 0) is 14.4 Å². The summed E-state index contributed by atoms with van der Waals surface area (Å²) in [6.45, 7) is 6.65. The van der Waals surface area contributed by atoms with E-state index < -0.39 is 23.3 Å². The van der Waals surface area contributed by atoms with Crippen molar-refractivity contribution < 1.29 is 29.1 Å². The number of carbonyl (C=O) groups is 4. The Morgan fingerprint density at radius 2 is 1.64 bits per heavy atom. The molecule has 1 aliphatic carbocycles. The van der Waals surface area contributed by atoms with Gasteiger partial charge in [0.1, 0.15) is 11.8 Å². The summed E-state index contributed by atoms with van der Waals surface area (Å²) in [4.78, 5) is 53.3. The summed E-state index contributed by atoms with van der Waals surface area (Å²) in [5.41, 5.74) is 1.63. The molecule has 2 fully saturated rings. The van der Waals surface area contributed by atoms with Gasteiger partial charge in [-0.3, -0.25) is 24.4 Å². The monoisotopic (exact) mass is 544 g/mol. The van der Waals surface area contributed by atoms with Crippen LogP contribution in [0.5, 0.6) is 5.75 Å². The molecule has 10 nitrogen and oxygen atoms in total. The van der Waals surface area contributed by atoms with Crippen LogP contribution in [0, 0.1) is 17.3 Å². The molecular formula is C29H44N4O6. The van der Waals surface area contributed by atoms with E-state index in [-0.39, 0.29) is 30.2 Å². The third-order valence-electron chi connectivity index (χ3n) is 7.91. The summed E-state index contributed by atoms with van der Waals surface area (Å²) in [5, 5.41) is 15.0. The van der Waals surface area contributed by atoms with Crippen LogP contribution >= 0.6 is 0 Å². The maximum absolute atomic E-state index is 13.6. The molecule has 4 amide bonds. The number of hydrogen-bond donors (Lipinski definition) is 4. The van der Waals surface area contributed by atoms with Gasteiger partial charge in [-0.2, -0.15) is 0 Å². The van der Waals surface area contributed by atoms with Crippen molar-refractivity contribution in [2.24, 2.45) is 17.3 Å². The molecule has 4 N–H and O–H groups in total. The number of benzene rings is 1. The molecule has 1 saturated carbocycles. The second-order valence-electron chi connectivity index (χ2n) is 11.9. The van der Waals surface area contributed by atoms with E-state index in [1.807, 2.05) is 20.8 Å². The molecule has 0 unspecified atom stereocenters. The molecular weight excluding hydrogens is 500 g/mol. The highest BCUT2D eigenvalue weighted by Crippen LogP contribution is 2.32. The summed E-state index contributed by atoms with van der Waals surface area (Å²) >= 11 is 0. The van der Waals surface area contributed by atoms with Crippen LogP contribution in [0.3, 0.4) is 0 Å². The third kappa shape index (κ3) is 8.68. The maximum atomic E-state index is 13.6. The van der Waals surface area contributed by atoms with Crippen molar-refractivity contribution in [2.75, 3.05) is 20.2 Å². The lowest BCUT2D eigenvalue weighted by molar-refractivity contribution is -0.142. The zero-order valence-electron chi connectivity index (χ0n) is 23.6. The van der Waals surface area contributed by atoms with Gasteiger partial charge in [0.05, 0.1) is 7.11 Å². The molecule has 39 heavy (non-hydrogen) atoms. The van der Waals surface area contributed by atoms with Gasteiger partial charge in [0.25, 0.3) is 5.91 Å². The van der Waals surface area contributed by atoms with Crippen molar-refractivity contribution in [1.29, 1.82) is 0 Å². The predicted octanol–water partition coefficient (Wildman–Crippen LogP) is 3.04. The fourth-order valence-corrected chi connectivity index (χ4v) is 5.55. The highest BCUT2D eigenvalue weighted by molar-refractivity contribution is 5.94. The molecule has 10 heteroatoms. The van der Waals surface area contributed by atoms with Crippen molar-refractivity contribution in [3.63, 3.8) is 0 Å². The minimum absolute atomic E-state index is 0.0564. The maximum Gasteiger partial charge on any atom is 0.251 e. The average Bonchev–Trinajstić information content (AvgIpc) is 3.43. The molecule has 216 valence electrons. The zero-order chi connectivity index (χ0) is 28.6. The number of carbonyl (C=O) groups excluding carboxylic acids is 4. The largest absolute Gasteiger partial charge is 0.497 e. The Hall–Kier alpha value is -3.14. The Labute approximate surface area is 231 Å². The first-order chi connectivity index (χ1) is 18.5. The molecule has 1 heterocycles. The van der Waals surface area contributed by atoms with Gasteiger partial charge in [0.2, 0.25) is 17.7 Å². The number of ether oxygens (including phenoxy) is 1. The highest BCUT2D eigenvalue weighted by atomic mass is 16.5. The van der Waals surface area contributed by atoms with Gasteiger partial charge in [-0.1, -0.05) is 46.5 Å². The smallest absolute Gasteiger partial charge is 0.251 e. The Bertz CT molecular complexity index is 992. The fraction of sp³-hybridized carbons (Fsp3) is 0.655. The second kappa shape index (κ2) is 13.8. The summed E-state index contributed by atoms with van der Waals surface area (Å²) in [6, 6.07) is 6.09. The zero-order valence-corrected chi connectivity index (χ0v) is 23.6. The molecule has 1 aromatic rings. The number of amides is 4. The SMILES string of the molecule is COc1ccc(C(=O)NC2CCN(C(=O)[C@H](NC(=O)[C@H](CC(=O)NO)CC3CCCC3)C(C)(C)C)CC2)cc1. The van der Waals surface area contributed by atoms with Gasteiger partial charge < -0.3 is 20.3 Å². The molecule has 2 atom stereocenters. The standard InChI is InChI=1S/C29H44N4O6/c1-29(2,3)25(31-27(36)21(18-24(34)32-38)17-19-7-5-6-8-19)28(37)33-15-13-22(14-16-33)30-26(35)20-9-11-23(39-4)12-10-20/h9-12,19,21-22,25,38H,5-8,13-18H2,1-4H3,(H,30,35)(H,31,36)(H,32,34)/t21-,25-/m0/s1. The Morgan fingerprint density at radius 1 is 1.03 bits per heavy atom. The lowest BCUT2D eigenvalue weighted by Crippen LogP contribution is -2.58. The number of hydrogen-bond acceptors (Lipinski definition) is 6. The number of hydroxylamine groups is 1. The van der Waals surface area contributed by atoms with Gasteiger partial charge in [-0.25, -0.2) is 5.48 Å². The summed E-state index contributed by atoms with van der Waals surface area (Å²) in [7, 11) is 1.57. The van der Waals surface area contributed by atoms with Gasteiger partial charge >= 0.3 is 0 Å². The third-order valence-corrected chi connectivity index (χ3v) is 7.91. The van der Waals surface area contributed by atoms with Crippen LogP contribution in [0.25, 0.3) is 0 Å².